The van der Waals surface area contributed by atoms with E-state index >= 15 is 0 Å². The summed E-state index contributed by atoms with van der Waals surface area (Å²) in [6.45, 7) is 4.68. The van der Waals surface area contributed by atoms with Gasteiger partial charge in [-0.15, -0.1) is 0 Å². The summed E-state index contributed by atoms with van der Waals surface area (Å²) in [7, 11) is 0. The van der Waals surface area contributed by atoms with Gasteiger partial charge in [0.1, 0.15) is 6.04 Å². The van der Waals surface area contributed by atoms with Gasteiger partial charge in [0.05, 0.1) is 0 Å². The zero-order valence-electron chi connectivity index (χ0n) is 12.2. The number of amides is 2. The van der Waals surface area contributed by atoms with Gasteiger partial charge < -0.3 is 15.3 Å². The predicted molar refractivity (Wildman–Crippen MR) is 74.1 cm³/mol. The quantitative estimate of drug-likeness (QED) is 0.762. The van der Waals surface area contributed by atoms with Crippen LogP contribution in [0.1, 0.15) is 46.0 Å². The summed E-state index contributed by atoms with van der Waals surface area (Å²) in [5, 5.41) is 11.8. The van der Waals surface area contributed by atoms with Gasteiger partial charge in [-0.25, -0.2) is 4.79 Å². The third kappa shape index (κ3) is 5.19. The Morgan fingerprint density at radius 3 is 2.60 bits per heavy atom. The fourth-order valence-electron chi connectivity index (χ4n) is 2.38. The Hall–Kier alpha value is -1.59. The molecule has 6 heteroatoms. The summed E-state index contributed by atoms with van der Waals surface area (Å²) in [4.78, 5) is 36.0. The van der Waals surface area contributed by atoms with Crippen molar-refractivity contribution >= 4 is 17.8 Å². The van der Waals surface area contributed by atoms with Crippen molar-refractivity contribution < 1.29 is 19.5 Å². The monoisotopic (exact) mass is 284 g/mol. The summed E-state index contributed by atoms with van der Waals surface area (Å²) >= 11 is 0. The minimum Gasteiger partial charge on any atom is -0.480 e. The van der Waals surface area contributed by atoms with Gasteiger partial charge in [0.25, 0.3) is 0 Å². The largest absolute Gasteiger partial charge is 0.480 e. The fourth-order valence-corrected chi connectivity index (χ4v) is 2.38. The van der Waals surface area contributed by atoms with E-state index in [1.165, 1.54) is 4.90 Å². The van der Waals surface area contributed by atoms with Crippen molar-refractivity contribution in [2.24, 2.45) is 5.92 Å². The minimum atomic E-state index is -0.943. The van der Waals surface area contributed by atoms with E-state index in [0.717, 1.165) is 12.8 Å². The first-order valence-electron chi connectivity index (χ1n) is 7.20. The molecular weight excluding hydrogens is 260 g/mol. The average molecular weight is 284 g/mol. The number of carbonyl (C=O) groups is 3. The van der Waals surface area contributed by atoms with Crippen molar-refractivity contribution in [2.45, 2.75) is 52.0 Å². The predicted octanol–water partition coefficient (Wildman–Crippen LogP) is 1.00. The highest BCUT2D eigenvalue weighted by molar-refractivity contribution is 5.84. The smallest absolute Gasteiger partial charge is 0.326 e. The number of nitrogens with one attached hydrogen (secondary N) is 1. The molecule has 0 aromatic rings. The molecule has 1 rings (SSSR count). The van der Waals surface area contributed by atoms with Gasteiger partial charge in [-0.1, -0.05) is 13.8 Å². The van der Waals surface area contributed by atoms with Crippen LogP contribution >= 0.6 is 0 Å². The van der Waals surface area contributed by atoms with Gasteiger partial charge in [-0.05, 0) is 25.2 Å². The molecule has 1 aliphatic rings. The highest BCUT2D eigenvalue weighted by atomic mass is 16.4. The Morgan fingerprint density at radius 2 is 2.00 bits per heavy atom. The number of aliphatic carboxylic acids is 1. The Bertz CT molecular complexity index is 368. The van der Waals surface area contributed by atoms with Crippen LogP contribution in [-0.4, -0.2) is 46.9 Å². The molecule has 2 N–H and O–H groups in total. The van der Waals surface area contributed by atoms with E-state index in [9.17, 15) is 14.4 Å². The molecule has 1 unspecified atom stereocenters. The Labute approximate surface area is 119 Å². The van der Waals surface area contributed by atoms with Gasteiger partial charge in [0.2, 0.25) is 11.8 Å². The average Bonchev–Trinajstić information content (AvgIpc) is 2.37. The highest BCUT2D eigenvalue weighted by Gasteiger charge is 2.31. The van der Waals surface area contributed by atoms with Crippen LogP contribution < -0.4 is 5.32 Å². The minimum absolute atomic E-state index is 0.0683. The number of likely N-dealkylation sites (tertiary alicyclic amines) is 1. The first kappa shape index (κ1) is 16.5. The topological polar surface area (TPSA) is 86.7 Å². The van der Waals surface area contributed by atoms with E-state index in [2.05, 4.69) is 5.32 Å². The third-order valence-electron chi connectivity index (χ3n) is 3.36. The SMILES string of the molecule is CC(C)CC(=O)NCCC(=O)N1CCCCC1C(=O)O. The van der Waals surface area contributed by atoms with Crippen LogP contribution in [0.4, 0.5) is 0 Å². The second kappa shape index (κ2) is 7.87. The molecule has 1 heterocycles. The van der Waals surface area contributed by atoms with E-state index in [1.54, 1.807) is 0 Å². The van der Waals surface area contributed by atoms with Crippen LogP contribution in [0, 0.1) is 5.92 Å². The van der Waals surface area contributed by atoms with Gasteiger partial charge in [-0.2, -0.15) is 0 Å². The highest BCUT2D eigenvalue weighted by Crippen LogP contribution is 2.18. The number of carbonyl (C=O) groups excluding carboxylic acids is 2. The van der Waals surface area contributed by atoms with Gasteiger partial charge in [-0.3, -0.25) is 9.59 Å². The van der Waals surface area contributed by atoms with Crippen LogP contribution in [0.25, 0.3) is 0 Å². The van der Waals surface area contributed by atoms with Crippen LogP contribution in [0.3, 0.4) is 0 Å². The Morgan fingerprint density at radius 1 is 1.30 bits per heavy atom. The molecule has 1 aliphatic heterocycles. The van der Waals surface area contributed by atoms with Gasteiger partial charge >= 0.3 is 5.97 Å². The summed E-state index contributed by atoms with van der Waals surface area (Å²) < 4.78 is 0. The summed E-state index contributed by atoms with van der Waals surface area (Å²) in [6.07, 6.45) is 2.80. The number of carboxylic acids is 1. The maximum atomic E-state index is 12.0. The maximum absolute atomic E-state index is 12.0. The van der Waals surface area contributed by atoms with Crippen molar-refractivity contribution in [3.05, 3.63) is 0 Å². The second-order valence-electron chi connectivity index (χ2n) is 5.63. The molecule has 1 atom stereocenters. The van der Waals surface area contributed by atoms with Gasteiger partial charge in [0.15, 0.2) is 0 Å². The number of nitrogens with zero attached hydrogens (tertiary/aromatic N) is 1. The molecule has 0 radical (unpaired) electrons. The Balaban J connectivity index is 2.37. The van der Waals surface area contributed by atoms with Crippen molar-refractivity contribution in [1.82, 2.24) is 10.2 Å². The number of rotatable bonds is 6. The molecule has 6 nitrogen and oxygen atoms in total. The van der Waals surface area contributed by atoms with E-state index < -0.39 is 12.0 Å². The molecule has 0 saturated carbocycles. The molecule has 1 saturated heterocycles. The first-order valence-corrected chi connectivity index (χ1v) is 7.20. The lowest BCUT2D eigenvalue weighted by Gasteiger charge is -2.33. The lowest BCUT2D eigenvalue weighted by Crippen LogP contribution is -2.48. The molecule has 114 valence electrons. The van der Waals surface area contributed by atoms with Gasteiger partial charge in [0, 0.05) is 25.9 Å². The van der Waals surface area contributed by atoms with E-state index in [4.69, 9.17) is 5.11 Å². The zero-order valence-corrected chi connectivity index (χ0v) is 12.2. The molecule has 0 aliphatic carbocycles. The summed E-state index contributed by atoms with van der Waals surface area (Å²) in [5.74, 6) is -0.922. The van der Waals surface area contributed by atoms with Crippen molar-refractivity contribution in [3.63, 3.8) is 0 Å². The molecule has 0 spiro atoms. The normalized spacial score (nSPS) is 18.9. The molecule has 0 aromatic heterocycles. The molecule has 2 amide bonds. The standard InChI is InChI=1S/C14H24N2O4/c1-10(2)9-12(17)15-7-6-13(18)16-8-4-3-5-11(16)14(19)20/h10-11H,3-9H2,1-2H3,(H,15,17)(H,19,20). The molecule has 0 aromatic carbocycles. The van der Waals surface area contributed by atoms with Crippen LogP contribution in [0.5, 0.6) is 0 Å². The van der Waals surface area contributed by atoms with Crippen molar-refractivity contribution in [2.75, 3.05) is 13.1 Å². The zero-order chi connectivity index (χ0) is 15.1. The first-order chi connectivity index (χ1) is 9.41. The van der Waals surface area contributed by atoms with Crippen molar-refractivity contribution in [1.29, 1.82) is 0 Å². The summed E-state index contributed by atoms with van der Waals surface area (Å²) in [6, 6.07) is -0.706. The van der Waals surface area contributed by atoms with Crippen LogP contribution in [0.2, 0.25) is 0 Å². The van der Waals surface area contributed by atoms with Crippen LogP contribution in [-0.2, 0) is 14.4 Å². The molecule has 0 bridgehead atoms. The van der Waals surface area contributed by atoms with Crippen molar-refractivity contribution in [3.8, 4) is 0 Å². The number of piperidine rings is 1. The van der Waals surface area contributed by atoms with E-state index in [0.29, 0.717) is 19.4 Å². The van der Waals surface area contributed by atoms with E-state index in [1.807, 2.05) is 13.8 Å². The lowest BCUT2D eigenvalue weighted by atomic mass is 10.0. The summed E-state index contributed by atoms with van der Waals surface area (Å²) in [5.41, 5.74) is 0. The third-order valence-corrected chi connectivity index (χ3v) is 3.36. The molecular formula is C14H24N2O4. The Kier molecular flexibility index (Phi) is 6.48. The maximum Gasteiger partial charge on any atom is 0.326 e. The number of carboxylic acid groups (broad SMARTS) is 1. The molecule has 1 fully saturated rings. The number of hydrogen-bond acceptors (Lipinski definition) is 3. The second-order valence-corrected chi connectivity index (χ2v) is 5.63. The fraction of sp³-hybridized carbons (Fsp3) is 0.786. The van der Waals surface area contributed by atoms with Crippen LogP contribution in [0.15, 0.2) is 0 Å². The molecule has 20 heavy (non-hydrogen) atoms. The van der Waals surface area contributed by atoms with E-state index in [-0.39, 0.29) is 30.7 Å². The number of hydrogen-bond donors (Lipinski definition) is 2. The lowest BCUT2D eigenvalue weighted by molar-refractivity contribution is -0.152.